The first-order chi connectivity index (χ1) is 16.4. The topological polar surface area (TPSA) is 110 Å². The van der Waals surface area contributed by atoms with Crippen molar-refractivity contribution in [3.8, 4) is 11.5 Å². The number of amides is 1. The van der Waals surface area contributed by atoms with Gasteiger partial charge in [0.25, 0.3) is 11.6 Å². The van der Waals surface area contributed by atoms with Gasteiger partial charge >= 0.3 is 0 Å². The summed E-state index contributed by atoms with van der Waals surface area (Å²) >= 11 is 5.23. The second-order valence-corrected chi connectivity index (χ2v) is 8.23. The second-order valence-electron chi connectivity index (χ2n) is 7.82. The maximum atomic E-state index is 12.5. The van der Waals surface area contributed by atoms with E-state index in [0.29, 0.717) is 23.1 Å². The Kier molecular flexibility index (Phi) is 6.65. The third-order valence-corrected chi connectivity index (χ3v) is 5.74. The monoisotopic (exact) mass is 474 g/mol. The number of nitrogens with zero attached hydrogens (tertiary/aromatic N) is 2. The molecule has 4 aromatic rings. The number of carbonyl (C=O) groups is 1. The molecule has 3 aromatic carbocycles. The first-order valence-corrected chi connectivity index (χ1v) is 11.1. The molecule has 0 aliphatic heterocycles. The summed E-state index contributed by atoms with van der Waals surface area (Å²) in [5.41, 5.74) is 3.67. The van der Waals surface area contributed by atoms with E-state index in [1.165, 1.54) is 23.8 Å². The summed E-state index contributed by atoms with van der Waals surface area (Å²) < 4.78 is 5.94. The van der Waals surface area contributed by atoms with Crippen LogP contribution in [0.1, 0.15) is 42.1 Å². The Balaban J connectivity index is 1.50. The number of hydrogen-bond donors (Lipinski definition) is 2. The van der Waals surface area contributed by atoms with Gasteiger partial charge in [-0.3, -0.25) is 20.2 Å². The minimum atomic E-state index is -0.669. The van der Waals surface area contributed by atoms with Gasteiger partial charge in [0.2, 0.25) is 5.89 Å². The molecule has 34 heavy (non-hydrogen) atoms. The van der Waals surface area contributed by atoms with E-state index >= 15 is 0 Å². The summed E-state index contributed by atoms with van der Waals surface area (Å²) in [5.74, 6) is 0.234. The van der Waals surface area contributed by atoms with E-state index in [2.05, 4.69) is 35.5 Å². The highest BCUT2D eigenvalue weighted by Crippen LogP contribution is 2.29. The molecule has 1 aromatic heterocycles. The van der Waals surface area contributed by atoms with Gasteiger partial charge < -0.3 is 9.73 Å². The van der Waals surface area contributed by atoms with Crippen molar-refractivity contribution in [1.82, 2.24) is 10.3 Å². The summed E-state index contributed by atoms with van der Waals surface area (Å²) in [7, 11) is 0. The molecule has 172 valence electrons. The third-order valence-electron chi connectivity index (χ3n) is 5.53. The second kappa shape index (κ2) is 9.80. The predicted octanol–water partition coefficient (Wildman–Crippen LogP) is 6.04. The molecule has 0 fully saturated rings. The number of nitro benzene ring substituents is 1. The number of thiocarbonyl (C=S) groups is 1. The molecule has 0 aliphatic rings. The number of para-hydroxylation sites is 1. The van der Waals surface area contributed by atoms with Crippen LogP contribution >= 0.6 is 12.2 Å². The van der Waals surface area contributed by atoms with Gasteiger partial charge in [-0.2, -0.15) is 0 Å². The zero-order chi connectivity index (χ0) is 24.2. The summed E-state index contributed by atoms with van der Waals surface area (Å²) in [5, 5.41) is 16.6. The molecule has 0 radical (unpaired) electrons. The largest absolute Gasteiger partial charge is 0.436 e. The van der Waals surface area contributed by atoms with Gasteiger partial charge in [-0.1, -0.05) is 38.1 Å². The molecule has 1 heterocycles. The van der Waals surface area contributed by atoms with E-state index in [1.54, 1.807) is 18.2 Å². The number of anilines is 1. The van der Waals surface area contributed by atoms with Crippen LogP contribution in [0.3, 0.4) is 0 Å². The number of rotatable bonds is 6. The Bertz CT molecular complexity index is 1400. The van der Waals surface area contributed by atoms with Crippen molar-refractivity contribution >= 4 is 45.7 Å². The number of carbonyl (C=O) groups excluding carboxylic acids is 1. The molecule has 1 atom stereocenters. The number of nitrogens with one attached hydrogen (secondary N) is 2. The Morgan fingerprint density at radius 1 is 1.15 bits per heavy atom. The van der Waals surface area contributed by atoms with E-state index < -0.39 is 10.8 Å². The average molecular weight is 475 g/mol. The molecular weight excluding hydrogens is 452 g/mol. The van der Waals surface area contributed by atoms with Crippen LogP contribution in [0.5, 0.6) is 0 Å². The minimum absolute atomic E-state index is 0.0102. The van der Waals surface area contributed by atoms with Crippen molar-refractivity contribution in [3.63, 3.8) is 0 Å². The molecule has 4 rings (SSSR count). The van der Waals surface area contributed by atoms with Crippen molar-refractivity contribution in [1.29, 1.82) is 0 Å². The lowest BCUT2D eigenvalue weighted by atomic mass is 9.98. The molecule has 2 N–H and O–H groups in total. The first kappa shape index (κ1) is 23.1. The van der Waals surface area contributed by atoms with Crippen molar-refractivity contribution in [3.05, 3.63) is 88.0 Å². The van der Waals surface area contributed by atoms with Crippen molar-refractivity contribution < 1.29 is 14.1 Å². The SMILES string of the molecule is CC[C@@H](C)c1ccc2oc(-c3cccc(NC(=S)NC(=O)c4ccccc4[N+](=O)[O-])c3)nc2c1. The predicted molar refractivity (Wildman–Crippen MR) is 135 cm³/mol. The van der Waals surface area contributed by atoms with Gasteiger partial charge in [-0.15, -0.1) is 0 Å². The molecule has 0 saturated heterocycles. The Hall–Kier alpha value is -4.11. The van der Waals surface area contributed by atoms with E-state index in [1.807, 2.05) is 24.3 Å². The highest BCUT2D eigenvalue weighted by atomic mass is 32.1. The standard InChI is InChI=1S/C25H22N4O4S/c1-3-15(2)16-11-12-22-20(14-16)27-24(33-22)17-7-6-8-18(13-17)26-25(34)28-23(30)19-9-4-5-10-21(19)29(31)32/h4-15H,3H2,1-2H3,(H2,26,28,30,34)/t15-/m1/s1. The van der Waals surface area contributed by atoms with Crippen molar-refractivity contribution in [2.45, 2.75) is 26.2 Å². The van der Waals surface area contributed by atoms with Gasteiger partial charge in [-0.25, -0.2) is 4.98 Å². The number of aromatic nitrogens is 1. The smallest absolute Gasteiger partial charge is 0.282 e. The maximum Gasteiger partial charge on any atom is 0.282 e. The summed E-state index contributed by atoms with van der Waals surface area (Å²) in [4.78, 5) is 27.7. The molecule has 8 nitrogen and oxygen atoms in total. The van der Waals surface area contributed by atoms with Crippen LogP contribution in [-0.4, -0.2) is 20.9 Å². The van der Waals surface area contributed by atoms with Crippen molar-refractivity contribution in [2.75, 3.05) is 5.32 Å². The Morgan fingerprint density at radius 3 is 2.71 bits per heavy atom. The van der Waals surface area contributed by atoms with Gasteiger partial charge in [0.1, 0.15) is 11.1 Å². The highest BCUT2D eigenvalue weighted by molar-refractivity contribution is 7.80. The van der Waals surface area contributed by atoms with Crippen molar-refractivity contribution in [2.24, 2.45) is 0 Å². The summed E-state index contributed by atoms with van der Waals surface area (Å²) in [6, 6.07) is 19.0. The van der Waals surface area contributed by atoms with Crippen LogP contribution in [-0.2, 0) is 0 Å². The first-order valence-electron chi connectivity index (χ1n) is 10.7. The van der Waals surface area contributed by atoms with Crippen LogP contribution in [0.4, 0.5) is 11.4 Å². The van der Waals surface area contributed by atoms with E-state index in [4.69, 9.17) is 16.6 Å². The zero-order valence-corrected chi connectivity index (χ0v) is 19.4. The number of nitro groups is 1. The molecule has 0 aliphatic carbocycles. The van der Waals surface area contributed by atoms with E-state index in [0.717, 1.165) is 17.5 Å². The fourth-order valence-electron chi connectivity index (χ4n) is 3.50. The molecule has 1 amide bonds. The maximum absolute atomic E-state index is 12.5. The van der Waals surface area contributed by atoms with Gasteiger partial charge in [-0.05, 0) is 66.5 Å². The molecule has 9 heteroatoms. The average Bonchev–Trinajstić information content (AvgIpc) is 3.27. The molecule has 0 spiro atoms. The Labute approximate surface area is 201 Å². The zero-order valence-electron chi connectivity index (χ0n) is 18.6. The quantitative estimate of drug-likeness (QED) is 0.199. The molecule has 0 bridgehead atoms. The highest BCUT2D eigenvalue weighted by Gasteiger charge is 2.20. The summed E-state index contributed by atoms with van der Waals surface area (Å²) in [6.45, 7) is 4.32. The fourth-order valence-corrected chi connectivity index (χ4v) is 3.71. The minimum Gasteiger partial charge on any atom is -0.436 e. The number of oxazole rings is 1. The lowest BCUT2D eigenvalue weighted by Crippen LogP contribution is -2.34. The number of fused-ring (bicyclic) bond motifs is 1. The normalized spacial score (nSPS) is 11.7. The van der Waals surface area contributed by atoms with Crippen LogP contribution in [0.25, 0.3) is 22.6 Å². The lowest BCUT2D eigenvalue weighted by molar-refractivity contribution is -0.385. The lowest BCUT2D eigenvalue weighted by Gasteiger charge is -2.10. The van der Waals surface area contributed by atoms with E-state index in [9.17, 15) is 14.9 Å². The van der Waals surface area contributed by atoms with Gasteiger partial charge in [0, 0.05) is 17.3 Å². The number of benzene rings is 3. The fraction of sp³-hybridized carbons (Fsp3) is 0.160. The third kappa shape index (κ3) is 4.94. The van der Waals surface area contributed by atoms with E-state index in [-0.39, 0.29) is 16.4 Å². The molecular formula is C25H22N4O4S. The van der Waals surface area contributed by atoms with Crippen LogP contribution in [0.2, 0.25) is 0 Å². The van der Waals surface area contributed by atoms with Gasteiger partial charge in [0.05, 0.1) is 4.92 Å². The summed E-state index contributed by atoms with van der Waals surface area (Å²) in [6.07, 6.45) is 1.04. The van der Waals surface area contributed by atoms with Crippen LogP contribution in [0, 0.1) is 10.1 Å². The van der Waals surface area contributed by atoms with Gasteiger partial charge in [0.15, 0.2) is 10.7 Å². The molecule has 0 unspecified atom stereocenters. The van der Waals surface area contributed by atoms with Crippen LogP contribution in [0.15, 0.2) is 71.1 Å². The Morgan fingerprint density at radius 2 is 1.94 bits per heavy atom. The van der Waals surface area contributed by atoms with Crippen LogP contribution < -0.4 is 10.6 Å². The molecule has 0 saturated carbocycles. The number of hydrogen-bond acceptors (Lipinski definition) is 6.